The third-order valence-corrected chi connectivity index (χ3v) is 4.29. The third-order valence-electron chi connectivity index (χ3n) is 4.29. The number of aromatic nitrogens is 2. The minimum absolute atomic E-state index is 0.0240. The molecule has 5 heteroatoms. The molecule has 0 aromatic carbocycles. The van der Waals surface area contributed by atoms with E-state index in [1.165, 1.54) is 12.8 Å². The number of carbonyl (C=O) groups is 1. The number of hydrogen-bond acceptors (Lipinski definition) is 4. The van der Waals surface area contributed by atoms with Gasteiger partial charge in [-0.05, 0) is 50.2 Å². The number of hydrogen-bond donors (Lipinski definition) is 1. The van der Waals surface area contributed by atoms with Gasteiger partial charge >= 0.3 is 0 Å². The minimum Gasteiger partial charge on any atom is -0.369 e. The molecule has 21 heavy (non-hydrogen) atoms. The summed E-state index contributed by atoms with van der Waals surface area (Å²) in [6.07, 6.45) is 5.62. The summed E-state index contributed by atoms with van der Waals surface area (Å²) in [5.74, 6) is 1.49. The molecule has 0 bridgehead atoms. The molecule has 1 heterocycles. The standard InChI is InChI=1S/C16H26N4O/c1-4-11-17-15-10-9-14(18-19-15)16(21)20(3)13-7-5-12(2)6-8-13/h9-10,12-13H,4-8,11H2,1-3H3,(H,17,19). The van der Waals surface area contributed by atoms with Gasteiger partial charge in [0.15, 0.2) is 5.69 Å². The van der Waals surface area contributed by atoms with E-state index in [0.717, 1.165) is 37.5 Å². The molecule has 0 atom stereocenters. The number of rotatable bonds is 5. The first-order valence-electron chi connectivity index (χ1n) is 7.96. The summed E-state index contributed by atoms with van der Waals surface area (Å²) >= 11 is 0. The Labute approximate surface area is 127 Å². The number of nitrogens with one attached hydrogen (secondary N) is 1. The van der Waals surface area contributed by atoms with Crippen LogP contribution < -0.4 is 5.32 Å². The molecule has 1 N–H and O–H groups in total. The maximum atomic E-state index is 12.5. The number of carbonyl (C=O) groups excluding carboxylic acids is 1. The van der Waals surface area contributed by atoms with Crippen LogP contribution in [0.15, 0.2) is 12.1 Å². The van der Waals surface area contributed by atoms with Crippen LogP contribution in [0.25, 0.3) is 0 Å². The van der Waals surface area contributed by atoms with E-state index in [4.69, 9.17) is 0 Å². The molecule has 2 rings (SSSR count). The van der Waals surface area contributed by atoms with Crippen molar-refractivity contribution in [1.29, 1.82) is 0 Å². The second-order valence-corrected chi connectivity index (χ2v) is 6.06. The number of nitrogens with zero attached hydrogens (tertiary/aromatic N) is 3. The van der Waals surface area contributed by atoms with Crippen molar-refractivity contribution >= 4 is 11.7 Å². The Hall–Kier alpha value is -1.65. The molecule has 1 amide bonds. The Morgan fingerprint density at radius 1 is 1.29 bits per heavy atom. The first-order valence-corrected chi connectivity index (χ1v) is 7.96. The van der Waals surface area contributed by atoms with Gasteiger partial charge in [-0.1, -0.05) is 13.8 Å². The van der Waals surface area contributed by atoms with Gasteiger partial charge in [0, 0.05) is 19.6 Å². The van der Waals surface area contributed by atoms with E-state index in [2.05, 4.69) is 29.4 Å². The van der Waals surface area contributed by atoms with Gasteiger partial charge in [-0.15, -0.1) is 10.2 Å². The minimum atomic E-state index is -0.0240. The fourth-order valence-electron chi connectivity index (χ4n) is 2.77. The Kier molecular flexibility index (Phi) is 5.53. The van der Waals surface area contributed by atoms with Crippen LogP contribution in [0.3, 0.4) is 0 Å². The fraction of sp³-hybridized carbons (Fsp3) is 0.688. The zero-order valence-corrected chi connectivity index (χ0v) is 13.3. The second kappa shape index (κ2) is 7.38. The van der Waals surface area contributed by atoms with Crippen molar-refractivity contribution < 1.29 is 4.79 Å². The molecule has 0 radical (unpaired) electrons. The molecule has 1 aromatic rings. The van der Waals surface area contributed by atoms with Crippen LogP contribution in [0.4, 0.5) is 5.82 Å². The van der Waals surface area contributed by atoms with Crippen LogP contribution in [-0.4, -0.2) is 40.6 Å². The summed E-state index contributed by atoms with van der Waals surface area (Å²) in [5.41, 5.74) is 0.429. The highest BCUT2D eigenvalue weighted by Crippen LogP contribution is 2.27. The van der Waals surface area contributed by atoms with Crippen molar-refractivity contribution in [2.24, 2.45) is 5.92 Å². The highest BCUT2D eigenvalue weighted by molar-refractivity contribution is 5.92. The van der Waals surface area contributed by atoms with Gasteiger partial charge in [-0.25, -0.2) is 0 Å². The van der Waals surface area contributed by atoms with Crippen molar-refractivity contribution in [3.8, 4) is 0 Å². The van der Waals surface area contributed by atoms with Crippen LogP contribution in [0.2, 0.25) is 0 Å². The lowest BCUT2D eigenvalue weighted by atomic mass is 9.86. The smallest absolute Gasteiger partial charge is 0.274 e. The average Bonchev–Trinajstić information content (AvgIpc) is 2.53. The van der Waals surface area contributed by atoms with E-state index in [1.807, 2.05) is 18.0 Å². The maximum Gasteiger partial charge on any atom is 0.274 e. The molecule has 1 aliphatic carbocycles. The Bertz CT molecular complexity index is 452. The number of anilines is 1. The van der Waals surface area contributed by atoms with Crippen LogP contribution >= 0.6 is 0 Å². The molecule has 0 unspecified atom stereocenters. The van der Waals surface area contributed by atoms with E-state index in [1.54, 1.807) is 6.07 Å². The van der Waals surface area contributed by atoms with Crippen molar-refractivity contribution in [3.05, 3.63) is 17.8 Å². The normalized spacial score (nSPS) is 21.9. The monoisotopic (exact) mass is 290 g/mol. The quantitative estimate of drug-likeness (QED) is 0.906. The van der Waals surface area contributed by atoms with Crippen LogP contribution in [0.5, 0.6) is 0 Å². The molecular weight excluding hydrogens is 264 g/mol. The molecule has 0 saturated heterocycles. The predicted molar refractivity (Wildman–Crippen MR) is 84.3 cm³/mol. The zero-order chi connectivity index (χ0) is 15.2. The van der Waals surface area contributed by atoms with Crippen molar-refractivity contribution in [2.45, 2.75) is 52.0 Å². The van der Waals surface area contributed by atoms with Crippen molar-refractivity contribution in [3.63, 3.8) is 0 Å². The largest absolute Gasteiger partial charge is 0.369 e. The highest BCUT2D eigenvalue weighted by atomic mass is 16.2. The Morgan fingerprint density at radius 2 is 2.00 bits per heavy atom. The molecular formula is C16H26N4O. The topological polar surface area (TPSA) is 58.1 Å². The lowest BCUT2D eigenvalue weighted by Gasteiger charge is -2.33. The van der Waals surface area contributed by atoms with Crippen molar-refractivity contribution in [1.82, 2.24) is 15.1 Å². The van der Waals surface area contributed by atoms with Gasteiger partial charge in [-0.3, -0.25) is 4.79 Å². The van der Waals surface area contributed by atoms with Gasteiger partial charge in [0.2, 0.25) is 0 Å². The summed E-state index contributed by atoms with van der Waals surface area (Å²) in [7, 11) is 1.88. The van der Waals surface area contributed by atoms with E-state index in [9.17, 15) is 4.79 Å². The predicted octanol–water partition coefficient (Wildman–Crippen LogP) is 2.95. The van der Waals surface area contributed by atoms with E-state index < -0.39 is 0 Å². The lowest BCUT2D eigenvalue weighted by molar-refractivity contribution is 0.0672. The molecule has 1 aliphatic rings. The molecule has 1 aromatic heterocycles. The average molecular weight is 290 g/mol. The lowest BCUT2D eigenvalue weighted by Crippen LogP contribution is -2.39. The maximum absolute atomic E-state index is 12.5. The Morgan fingerprint density at radius 3 is 2.57 bits per heavy atom. The van der Waals surface area contributed by atoms with E-state index in [0.29, 0.717) is 11.7 Å². The van der Waals surface area contributed by atoms with Crippen LogP contribution in [0, 0.1) is 5.92 Å². The van der Waals surface area contributed by atoms with Gasteiger partial charge in [-0.2, -0.15) is 0 Å². The molecule has 0 aliphatic heterocycles. The molecule has 0 spiro atoms. The summed E-state index contributed by atoms with van der Waals surface area (Å²) in [6, 6.07) is 3.93. The highest BCUT2D eigenvalue weighted by Gasteiger charge is 2.26. The first kappa shape index (κ1) is 15.7. The van der Waals surface area contributed by atoms with Gasteiger partial charge in [0.1, 0.15) is 5.82 Å². The molecule has 1 fully saturated rings. The van der Waals surface area contributed by atoms with E-state index >= 15 is 0 Å². The molecule has 1 saturated carbocycles. The van der Waals surface area contributed by atoms with Gasteiger partial charge in [0.25, 0.3) is 5.91 Å². The van der Waals surface area contributed by atoms with E-state index in [-0.39, 0.29) is 5.91 Å². The van der Waals surface area contributed by atoms with Crippen LogP contribution in [0.1, 0.15) is 56.4 Å². The number of amides is 1. The van der Waals surface area contributed by atoms with Crippen LogP contribution in [-0.2, 0) is 0 Å². The van der Waals surface area contributed by atoms with Crippen molar-refractivity contribution in [2.75, 3.05) is 18.9 Å². The van der Waals surface area contributed by atoms with Gasteiger partial charge in [0.05, 0.1) is 0 Å². The first-order chi connectivity index (χ1) is 10.1. The fourth-order valence-corrected chi connectivity index (χ4v) is 2.77. The molecule has 5 nitrogen and oxygen atoms in total. The molecule has 116 valence electrons. The summed E-state index contributed by atoms with van der Waals surface area (Å²) in [4.78, 5) is 14.3. The third kappa shape index (κ3) is 4.16. The summed E-state index contributed by atoms with van der Waals surface area (Å²) in [5, 5.41) is 11.3. The zero-order valence-electron chi connectivity index (χ0n) is 13.3. The SMILES string of the molecule is CCCNc1ccc(C(=O)N(C)C2CCC(C)CC2)nn1. The summed E-state index contributed by atoms with van der Waals surface area (Å²) in [6.45, 7) is 5.24. The summed E-state index contributed by atoms with van der Waals surface area (Å²) < 4.78 is 0. The Balaban J connectivity index is 1.95. The second-order valence-electron chi connectivity index (χ2n) is 6.06. The van der Waals surface area contributed by atoms with Gasteiger partial charge < -0.3 is 10.2 Å².